The first kappa shape index (κ1) is 14.2. The first-order chi connectivity index (χ1) is 9.63. The fourth-order valence-electron chi connectivity index (χ4n) is 1.78. The molecule has 0 saturated carbocycles. The third-order valence-corrected chi connectivity index (χ3v) is 3.04. The Morgan fingerprint density at radius 2 is 2.10 bits per heavy atom. The lowest BCUT2D eigenvalue weighted by molar-refractivity contribution is 0.386. The molecule has 2 aromatic rings. The van der Waals surface area contributed by atoms with E-state index in [2.05, 4.69) is 11.4 Å². The molecule has 0 bridgehead atoms. The smallest absolute Gasteiger partial charge is 0.165 e. The van der Waals surface area contributed by atoms with E-state index >= 15 is 0 Å². The number of hydrogen-bond donors (Lipinski definition) is 1. The number of methoxy groups -OCH3 is 1. The van der Waals surface area contributed by atoms with Gasteiger partial charge in [-0.3, -0.25) is 0 Å². The number of nitriles is 1. The molecular formula is C15H12ClFN2O. The topological polar surface area (TPSA) is 45.0 Å². The monoisotopic (exact) mass is 290 g/mol. The maximum Gasteiger partial charge on any atom is 0.165 e. The Labute approximate surface area is 121 Å². The van der Waals surface area contributed by atoms with Gasteiger partial charge < -0.3 is 10.1 Å². The van der Waals surface area contributed by atoms with E-state index in [-0.39, 0.29) is 5.75 Å². The average molecular weight is 291 g/mol. The van der Waals surface area contributed by atoms with Crippen molar-refractivity contribution in [3.8, 4) is 11.8 Å². The quantitative estimate of drug-likeness (QED) is 0.926. The summed E-state index contributed by atoms with van der Waals surface area (Å²) in [7, 11) is 1.42. The van der Waals surface area contributed by atoms with Crippen LogP contribution in [0.5, 0.6) is 5.75 Å². The number of nitrogens with zero attached hydrogens (tertiary/aromatic N) is 1. The predicted octanol–water partition coefficient (Wildman–Crippen LogP) is 3.97. The molecule has 1 N–H and O–H groups in total. The molecule has 2 aromatic carbocycles. The molecule has 0 saturated heterocycles. The molecule has 2 rings (SSSR count). The van der Waals surface area contributed by atoms with Crippen molar-refractivity contribution in [1.29, 1.82) is 5.26 Å². The normalized spacial score (nSPS) is 9.90. The summed E-state index contributed by atoms with van der Waals surface area (Å²) < 4.78 is 18.4. The molecule has 0 amide bonds. The molecule has 102 valence electrons. The summed E-state index contributed by atoms with van der Waals surface area (Å²) in [5, 5.41) is 12.6. The second-order valence-electron chi connectivity index (χ2n) is 4.12. The van der Waals surface area contributed by atoms with Gasteiger partial charge >= 0.3 is 0 Å². The highest BCUT2D eigenvalue weighted by molar-refractivity contribution is 6.30. The number of benzene rings is 2. The molecule has 0 aromatic heterocycles. The summed E-state index contributed by atoms with van der Waals surface area (Å²) in [5.74, 6) is -0.215. The summed E-state index contributed by atoms with van der Waals surface area (Å²) in [6.07, 6.45) is 0. The zero-order chi connectivity index (χ0) is 14.5. The molecule has 0 radical (unpaired) electrons. The SMILES string of the molecule is COc1ccc(CNc2cc(Cl)ccc2C#N)cc1F. The van der Waals surface area contributed by atoms with Crippen LogP contribution < -0.4 is 10.1 Å². The van der Waals surface area contributed by atoms with Crippen LogP contribution in [0.3, 0.4) is 0 Å². The Morgan fingerprint density at radius 3 is 2.75 bits per heavy atom. The van der Waals surface area contributed by atoms with Crippen molar-refractivity contribution < 1.29 is 9.13 Å². The maximum absolute atomic E-state index is 13.6. The van der Waals surface area contributed by atoms with Gasteiger partial charge in [-0.25, -0.2) is 4.39 Å². The Hall–Kier alpha value is -2.25. The molecule has 5 heteroatoms. The highest BCUT2D eigenvalue weighted by atomic mass is 35.5. The van der Waals surface area contributed by atoms with Crippen LogP contribution in [0.1, 0.15) is 11.1 Å². The van der Waals surface area contributed by atoms with Crippen LogP contribution >= 0.6 is 11.6 Å². The van der Waals surface area contributed by atoms with Gasteiger partial charge in [0.1, 0.15) is 6.07 Å². The van der Waals surface area contributed by atoms with Gasteiger partial charge in [-0.1, -0.05) is 17.7 Å². The lowest BCUT2D eigenvalue weighted by Crippen LogP contribution is -2.02. The minimum Gasteiger partial charge on any atom is -0.494 e. The molecule has 0 aliphatic heterocycles. The van der Waals surface area contributed by atoms with Crippen molar-refractivity contribution in [2.75, 3.05) is 12.4 Å². The Kier molecular flexibility index (Phi) is 4.44. The largest absolute Gasteiger partial charge is 0.494 e. The van der Waals surface area contributed by atoms with Gasteiger partial charge in [0, 0.05) is 11.6 Å². The van der Waals surface area contributed by atoms with E-state index in [0.29, 0.717) is 22.8 Å². The highest BCUT2D eigenvalue weighted by Crippen LogP contribution is 2.22. The molecule has 0 aliphatic rings. The van der Waals surface area contributed by atoms with Crippen molar-refractivity contribution in [1.82, 2.24) is 0 Å². The van der Waals surface area contributed by atoms with Gasteiger partial charge in [0.05, 0.1) is 18.4 Å². The summed E-state index contributed by atoms with van der Waals surface area (Å²) in [5.41, 5.74) is 1.85. The standard InChI is InChI=1S/C15H12ClFN2O/c1-20-15-5-2-10(6-13(15)17)9-19-14-7-12(16)4-3-11(14)8-18/h2-7,19H,9H2,1H3. The zero-order valence-electron chi connectivity index (χ0n) is 10.8. The number of rotatable bonds is 4. The number of halogens is 2. The number of hydrogen-bond acceptors (Lipinski definition) is 3. The molecule has 3 nitrogen and oxygen atoms in total. The highest BCUT2D eigenvalue weighted by Gasteiger charge is 2.05. The van der Waals surface area contributed by atoms with E-state index in [1.807, 2.05) is 0 Å². The Bertz CT molecular complexity index is 667. The van der Waals surface area contributed by atoms with Crippen LogP contribution in [0, 0.1) is 17.1 Å². The van der Waals surface area contributed by atoms with Gasteiger partial charge in [0.25, 0.3) is 0 Å². The Morgan fingerprint density at radius 1 is 1.30 bits per heavy atom. The van der Waals surface area contributed by atoms with Crippen LogP contribution in [0.25, 0.3) is 0 Å². The summed E-state index contributed by atoms with van der Waals surface area (Å²) in [4.78, 5) is 0. The van der Waals surface area contributed by atoms with Gasteiger partial charge in [-0.2, -0.15) is 5.26 Å². The fourth-order valence-corrected chi connectivity index (χ4v) is 1.95. The lowest BCUT2D eigenvalue weighted by Gasteiger charge is -2.10. The number of anilines is 1. The Balaban J connectivity index is 2.15. The van der Waals surface area contributed by atoms with E-state index in [0.717, 1.165) is 5.56 Å². The number of nitrogens with one attached hydrogen (secondary N) is 1. The molecule has 0 fully saturated rings. The van der Waals surface area contributed by atoms with Gasteiger partial charge in [0.15, 0.2) is 11.6 Å². The van der Waals surface area contributed by atoms with Crippen molar-refractivity contribution in [3.63, 3.8) is 0 Å². The predicted molar refractivity (Wildman–Crippen MR) is 76.4 cm³/mol. The molecule has 0 unspecified atom stereocenters. The molecule has 0 spiro atoms. The minimum absolute atomic E-state index is 0.203. The van der Waals surface area contributed by atoms with Crippen molar-refractivity contribution >= 4 is 17.3 Å². The average Bonchev–Trinajstić information content (AvgIpc) is 2.45. The third kappa shape index (κ3) is 3.19. The minimum atomic E-state index is -0.418. The summed E-state index contributed by atoms with van der Waals surface area (Å²) in [6, 6.07) is 11.7. The van der Waals surface area contributed by atoms with E-state index in [9.17, 15) is 4.39 Å². The third-order valence-electron chi connectivity index (χ3n) is 2.80. The van der Waals surface area contributed by atoms with Crippen LogP contribution in [-0.2, 0) is 6.54 Å². The van der Waals surface area contributed by atoms with Crippen LogP contribution in [-0.4, -0.2) is 7.11 Å². The second kappa shape index (κ2) is 6.27. The molecule has 0 aliphatic carbocycles. The van der Waals surface area contributed by atoms with E-state index < -0.39 is 5.82 Å². The van der Waals surface area contributed by atoms with Crippen LogP contribution in [0.15, 0.2) is 36.4 Å². The molecule has 0 atom stereocenters. The summed E-state index contributed by atoms with van der Waals surface area (Å²) >= 11 is 5.89. The van der Waals surface area contributed by atoms with E-state index in [1.54, 1.807) is 30.3 Å². The number of ether oxygens (including phenoxy) is 1. The molecular weight excluding hydrogens is 279 g/mol. The zero-order valence-corrected chi connectivity index (χ0v) is 11.5. The van der Waals surface area contributed by atoms with Gasteiger partial charge in [-0.05, 0) is 35.9 Å². The second-order valence-corrected chi connectivity index (χ2v) is 4.56. The fraction of sp³-hybridized carbons (Fsp3) is 0.133. The molecule has 20 heavy (non-hydrogen) atoms. The van der Waals surface area contributed by atoms with Gasteiger partial charge in [0.2, 0.25) is 0 Å². The van der Waals surface area contributed by atoms with E-state index in [1.165, 1.54) is 13.2 Å². The van der Waals surface area contributed by atoms with Crippen molar-refractivity contribution in [2.24, 2.45) is 0 Å². The summed E-state index contributed by atoms with van der Waals surface area (Å²) in [6.45, 7) is 0.385. The molecule has 0 heterocycles. The first-order valence-corrected chi connectivity index (χ1v) is 6.28. The van der Waals surface area contributed by atoms with Gasteiger partial charge in [-0.15, -0.1) is 0 Å². The maximum atomic E-state index is 13.6. The first-order valence-electron chi connectivity index (χ1n) is 5.90. The lowest BCUT2D eigenvalue weighted by atomic mass is 10.1. The van der Waals surface area contributed by atoms with Crippen LogP contribution in [0.2, 0.25) is 5.02 Å². The van der Waals surface area contributed by atoms with Crippen molar-refractivity contribution in [2.45, 2.75) is 6.54 Å². The van der Waals surface area contributed by atoms with Crippen molar-refractivity contribution in [3.05, 3.63) is 58.4 Å². The van der Waals surface area contributed by atoms with Crippen LogP contribution in [0.4, 0.5) is 10.1 Å². The van der Waals surface area contributed by atoms with E-state index in [4.69, 9.17) is 21.6 Å².